The number of carbonyl (C=O) groups excluding carboxylic acids is 1. The molecule has 1 aliphatic carbocycles. The Morgan fingerprint density at radius 1 is 1.31 bits per heavy atom. The summed E-state index contributed by atoms with van der Waals surface area (Å²) in [5, 5.41) is 29.1. The molecule has 3 aromatic rings. The quantitative estimate of drug-likeness (QED) is 0.212. The number of nitrogens with one attached hydrogen (secondary N) is 1. The summed E-state index contributed by atoms with van der Waals surface area (Å²) in [5.41, 5.74) is 4.95. The summed E-state index contributed by atoms with van der Waals surface area (Å²) in [7, 11) is -4.31. The normalized spacial score (nSPS) is 31.9. The third kappa shape index (κ3) is 4.67. The fourth-order valence-corrected chi connectivity index (χ4v) is 6.61. The number of nitrogen functional groups attached to an aromatic ring is 1. The lowest BCUT2D eigenvalue weighted by Crippen LogP contribution is -2.39. The maximum absolute atomic E-state index is 13.9. The number of carbonyl (C=O) groups is 1. The molecule has 2 aliphatic heterocycles. The number of esters is 1. The number of rotatable bonds is 9. The first-order valence-electron chi connectivity index (χ1n) is 12.4. The highest BCUT2D eigenvalue weighted by Crippen LogP contribution is 2.61. The fraction of sp³-hybridized carbons (Fsp3) is 0.458. The standard InChI is InChI=1S/C24H28N5O9P/c1-13(23(31)35-15-9-10-34-11-15)28-39(33,37-14-5-3-2-4-6-14)38-21-20-24(21,32)19(30)18(36-20)16-7-8-17-22(25)26-12-27-29(16)17/h2-8,12-13,15,18-21,30,32H,9-11H2,1H3,(H,28,33)(H2,25,26,27)/t13-,15+,18-,19-,20+,21?,24-,39+/m0/s1. The number of nitrogens with zero attached hydrogens (tertiary/aromatic N) is 3. The van der Waals surface area contributed by atoms with E-state index >= 15 is 0 Å². The van der Waals surface area contributed by atoms with Crippen molar-refractivity contribution in [1.82, 2.24) is 19.7 Å². The van der Waals surface area contributed by atoms with E-state index in [4.69, 9.17) is 29.0 Å². The van der Waals surface area contributed by atoms with Crippen LogP contribution in [0.2, 0.25) is 0 Å². The summed E-state index contributed by atoms with van der Waals surface area (Å²) in [5.74, 6) is -0.224. The van der Waals surface area contributed by atoms with Gasteiger partial charge in [-0.1, -0.05) is 18.2 Å². The van der Waals surface area contributed by atoms with E-state index in [9.17, 15) is 19.6 Å². The molecule has 4 heterocycles. The van der Waals surface area contributed by atoms with Gasteiger partial charge in [0.1, 0.15) is 54.2 Å². The fourth-order valence-electron chi connectivity index (χ4n) is 4.89. The van der Waals surface area contributed by atoms with E-state index in [2.05, 4.69) is 15.2 Å². The Morgan fingerprint density at radius 2 is 2.10 bits per heavy atom. The predicted octanol–water partition coefficient (Wildman–Crippen LogP) is 0.739. The number of para-hydroxylation sites is 1. The number of aliphatic hydroxyl groups excluding tert-OH is 1. The van der Waals surface area contributed by atoms with Gasteiger partial charge in [-0.2, -0.15) is 10.2 Å². The van der Waals surface area contributed by atoms with E-state index in [1.54, 1.807) is 42.5 Å². The van der Waals surface area contributed by atoms with Crippen molar-refractivity contribution in [1.29, 1.82) is 0 Å². The van der Waals surface area contributed by atoms with Crippen LogP contribution in [0.15, 0.2) is 48.8 Å². The third-order valence-electron chi connectivity index (χ3n) is 7.03. The molecule has 2 saturated heterocycles. The van der Waals surface area contributed by atoms with Crippen molar-refractivity contribution in [3.8, 4) is 5.75 Å². The van der Waals surface area contributed by atoms with Crippen molar-refractivity contribution in [3.05, 3.63) is 54.5 Å². The molecule has 8 atom stereocenters. The van der Waals surface area contributed by atoms with Gasteiger partial charge in [-0.3, -0.25) is 9.32 Å². The van der Waals surface area contributed by atoms with Crippen LogP contribution in [-0.2, 0) is 28.1 Å². The Labute approximate surface area is 222 Å². The van der Waals surface area contributed by atoms with Crippen LogP contribution in [0.3, 0.4) is 0 Å². The average molecular weight is 561 g/mol. The van der Waals surface area contributed by atoms with Crippen molar-refractivity contribution >= 4 is 25.1 Å². The largest absolute Gasteiger partial charge is 0.459 e. The number of aliphatic hydroxyl groups is 2. The monoisotopic (exact) mass is 561 g/mol. The van der Waals surface area contributed by atoms with Crippen LogP contribution < -0.4 is 15.3 Å². The van der Waals surface area contributed by atoms with E-state index in [-0.39, 0.29) is 18.2 Å². The first-order chi connectivity index (χ1) is 18.7. The van der Waals surface area contributed by atoms with Gasteiger partial charge in [-0.05, 0) is 31.2 Å². The Bertz CT molecular complexity index is 1420. The molecule has 6 rings (SSSR count). The zero-order chi connectivity index (χ0) is 27.4. The topological polar surface area (TPSA) is 189 Å². The zero-order valence-electron chi connectivity index (χ0n) is 20.8. The number of ether oxygens (including phenoxy) is 3. The Kier molecular flexibility index (Phi) is 6.58. The smallest absolute Gasteiger partial charge is 0.459 e. The molecule has 15 heteroatoms. The predicted molar refractivity (Wildman–Crippen MR) is 133 cm³/mol. The maximum atomic E-state index is 13.9. The lowest BCUT2D eigenvalue weighted by molar-refractivity contribution is -0.150. The van der Waals surface area contributed by atoms with Gasteiger partial charge in [0.25, 0.3) is 0 Å². The summed E-state index contributed by atoms with van der Waals surface area (Å²) < 4.78 is 43.4. The highest BCUT2D eigenvalue weighted by Gasteiger charge is 2.79. The zero-order valence-corrected chi connectivity index (χ0v) is 21.7. The van der Waals surface area contributed by atoms with E-state index in [1.165, 1.54) is 17.8 Å². The summed E-state index contributed by atoms with van der Waals surface area (Å²) in [4.78, 5) is 16.6. The number of benzene rings is 1. The van der Waals surface area contributed by atoms with Crippen molar-refractivity contribution in [2.45, 2.75) is 55.5 Å². The second-order valence-electron chi connectivity index (χ2n) is 9.71. The molecule has 3 fully saturated rings. The summed E-state index contributed by atoms with van der Waals surface area (Å²) in [6.45, 7) is 2.23. The number of fused-ring (bicyclic) bond motifs is 2. The van der Waals surface area contributed by atoms with E-state index < -0.39 is 55.9 Å². The molecule has 1 saturated carbocycles. The summed E-state index contributed by atoms with van der Waals surface area (Å²) >= 11 is 0. The average Bonchev–Trinajstić information content (AvgIpc) is 3.39. The van der Waals surface area contributed by atoms with E-state index in [1.807, 2.05) is 0 Å². The second-order valence-corrected chi connectivity index (χ2v) is 11.4. The van der Waals surface area contributed by atoms with Gasteiger partial charge in [0.2, 0.25) is 0 Å². The highest BCUT2D eigenvalue weighted by atomic mass is 31.2. The van der Waals surface area contributed by atoms with Gasteiger partial charge < -0.3 is 34.7 Å². The minimum absolute atomic E-state index is 0.201. The molecule has 2 aromatic heterocycles. The molecule has 1 aromatic carbocycles. The Hall–Kier alpha value is -3.10. The SMILES string of the molecule is C[C@H](N[P@@](=O)(Oc1ccccc1)OC1[C@H]2O[C@@H](c3ccc4c(N)ncnn34)[C@H](O)[C@@]12O)C(=O)O[C@@H]1CCOC1. The van der Waals surface area contributed by atoms with E-state index in [0.717, 1.165) is 0 Å². The number of hydrogen-bond acceptors (Lipinski definition) is 12. The van der Waals surface area contributed by atoms with Crippen LogP contribution in [0.1, 0.15) is 25.1 Å². The lowest BCUT2D eigenvalue weighted by atomic mass is 10.1. The molecule has 39 heavy (non-hydrogen) atoms. The molecule has 208 valence electrons. The number of hydrogen-bond donors (Lipinski definition) is 4. The van der Waals surface area contributed by atoms with Crippen molar-refractivity contribution < 1.29 is 42.8 Å². The summed E-state index contributed by atoms with van der Waals surface area (Å²) in [6.07, 6.45) is -3.25. The van der Waals surface area contributed by atoms with Gasteiger partial charge in [-0.15, -0.1) is 0 Å². The number of nitrogens with two attached hydrogens (primary N) is 1. The third-order valence-corrected chi connectivity index (χ3v) is 8.69. The van der Waals surface area contributed by atoms with Gasteiger partial charge in [0, 0.05) is 6.42 Å². The molecular formula is C24H28N5O9P. The van der Waals surface area contributed by atoms with Crippen LogP contribution in [0, 0.1) is 0 Å². The molecule has 0 bridgehead atoms. The van der Waals surface area contributed by atoms with E-state index in [0.29, 0.717) is 24.2 Å². The second kappa shape index (κ2) is 9.82. The molecule has 5 N–H and O–H groups in total. The maximum Gasteiger partial charge on any atom is 0.459 e. The molecule has 14 nitrogen and oxygen atoms in total. The molecule has 0 spiro atoms. The number of anilines is 1. The minimum atomic E-state index is -4.31. The first kappa shape index (κ1) is 26.1. The van der Waals surface area contributed by atoms with Gasteiger partial charge in [-0.25, -0.2) is 14.1 Å². The van der Waals surface area contributed by atoms with Crippen LogP contribution >= 0.6 is 7.75 Å². The molecule has 0 amide bonds. The minimum Gasteiger partial charge on any atom is -0.459 e. The molecule has 0 radical (unpaired) electrons. The van der Waals surface area contributed by atoms with Gasteiger partial charge in [0.05, 0.1) is 18.9 Å². The van der Waals surface area contributed by atoms with Crippen LogP contribution in [0.4, 0.5) is 5.82 Å². The van der Waals surface area contributed by atoms with Crippen LogP contribution in [0.5, 0.6) is 5.75 Å². The van der Waals surface area contributed by atoms with Crippen LogP contribution in [-0.4, -0.2) is 80.1 Å². The Balaban J connectivity index is 1.19. The molecule has 3 aliphatic rings. The van der Waals surface area contributed by atoms with Gasteiger partial charge >= 0.3 is 13.7 Å². The van der Waals surface area contributed by atoms with Crippen molar-refractivity contribution in [2.75, 3.05) is 18.9 Å². The lowest BCUT2D eigenvalue weighted by Gasteiger charge is -2.26. The van der Waals surface area contributed by atoms with Crippen molar-refractivity contribution in [2.24, 2.45) is 0 Å². The summed E-state index contributed by atoms with van der Waals surface area (Å²) in [6, 6.07) is 10.5. The number of aromatic nitrogens is 3. The Morgan fingerprint density at radius 3 is 2.79 bits per heavy atom. The van der Waals surface area contributed by atoms with Gasteiger partial charge in [0.15, 0.2) is 11.4 Å². The molecule has 1 unspecified atom stereocenters. The van der Waals surface area contributed by atoms with Crippen molar-refractivity contribution in [3.63, 3.8) is 0 Å². The first-order valence-corrected chi connectivity index (χ1v) is 14.0. The molecular weight excluding hydrogens is 533 g/mol. The van der Waals surface area contributed by atoms with Crippen LogP contribution in [0.25, 0.3) is 5.52 Å². The highest BCUT2D eigenvalue weighted by molar-refractivity contribution is 7.52.